The fourth-order valence-electron chi connectivity index (χ4n) is 5.60. The van der Waals surface area contributed by atoms with Crippen LogP contribution in [0.25, 0.3) is 5.65 Å². The van der Waals surface area contributed by atoms with Crippen LogP contribution in [0.1, 0.15) is 66.9 Å². The first-order valence-electron chi connectivity index (χ1n) is 13.3. The van der Waals surface area contributed by atoms with Crippen molar-refractivity contribution in [2.45, 2.75) is 70.1 Å². The van der Waals surface area contributed by atoms with Gasteiger partial charge in [0.25, 0.3) is 5.91 Å². The quantitative estimate of drug-likeness (QED) is 0.419. The number of nitrogens with zero attached hydrogens (tertiary/aromatic N) is 5. The Kier molecular flexibility index (Phi) is 7.53. The molecule has 1 saturated carbocycles. The number of carbonyl (C=O) groups is 2. The van der Waals surface area contributed by atoms with Gasteiger partial charge in [0.2, 0.25) is 11.8 Å². The highest BCUT2D eigenvalue weighted by Gasteiger charge is 2.45. The van der Waals surface area contributed by atoms with E-state index in [4.69, 9.17) is 0 Å². The molecular weight excluding hydrogens is 537 g/mol. The number of fused-ring (bicyclic) bond motifs is 1. The summed E-state index contributed by atoms with van der Waals surface area (Å²) in [6.45, 7) is 1.88. The number of rotatable bonds is 7. The molecule has 0 bridgehead atoms. The third kappa shape index (κ3) is 5.94. The minimum Gasteiger partial charge on any atom is -0.355 e. The van der Waals surface area contributed by atoms with Gasteiger partial charge >= 0.3 is 6.18 Å². The van der Waals surface area contributed by atoms with Gasteiger partial charge in [-0.05, 0) is 50.3 Å². The molecule has 1 saturated heterocycles. The molecule has 14 heteroatoms. The second kappa shape index (κ2) is 10.8. The van der Waals surface area contributed by atoms with E-state index in [1.54, 1.807) is 24.4 Å². The molecule has 3 atom stereocenters. The molecule has 4 heterocycles. The van der Waals surface area contributed by atoms with E-state index in [1.807, 2.05) is 6.92 Å². The summed E-state index contributed by atoms with van der Waals surface area (Å²) in [6, 6.07) is 4.14. The molecule has 2 N–H and O–H groups in total. The Balaban J connectivity index is 1.39. The zero-order valence-electron chi connectivity index (χ0n) is 21.8. The lowest BCUT2D eigenvalue weighted by molar-refractivity contribution is -0.183. The van der Waals surface area contributed by atoms with Gasteiger partial charge < -0.3 is 10.6 Å². The number of imidazole rings is 1. The van der Waals surface area contributed by atoms with E-state index in [0.717, 1.165) is 0 Å². The highest BCUT2D eigenvalue weighted by molar-refractivity contribution is 5.92. The maximum atomic E-state index is 13.9. The summed E-state index contributed by atoms with van der Waals surface area (Å²) in [4.78, 5) is 30.0. The molecule has 9 nitrogen and oxygen atoms in total. The third-order valence-corrected chi connectivity index (χ3v) is 7.86. The lowest BCUT2D eigenvalue weighted by Crippen LogP contribution is -2.47. The largest absolute Gasteiger partial charge is 0.393 e. The van der Waals surface area contributed by atoms with Gasteiger partial charge in [-0.2, -0.15) is 23.4 Å². The minimum atomic E-state index is -4.40. The van der Waals surface area contributed by atoms with Crippen molar-refractivity contribution in [3.05, 3.63) is 47.7 Å². The molecule has 1 aliphatic heterocycles. The minimum absolute atomic E-state index is 0.0146. The number of aromatic nitrogens is 5. The summed E-state index contributed by atoms with van der Waals surface area (Å²) in [5.41, 5.74) is 1.59. The van der Waals surface area contributed by atoms with E-state index in [2.05, 4.69) is 25.8 Å². The van der Waals surface area contributed by atoms with Crippen molar-refractivity contribution in [3.63, 3.8) is 0 Å². The van der Waals surface area contributed by atoms with E-state index in [9.17, 15) is 31.5 Å². The van der Waals surface area contributed by atoms with Crippen LogP contribution in [-0.2, 0) is 17.8 Å². The Hall–Kier alpha value is -3.58. The van der Waals surface area contributed by atoms with Crippen molar-refractivity contribution >= 4 is 17.5 Å². The molecule has 1 aliphatic carbocycles. The molecule has 3 aromatic rings. The average molecular weight is 568 g/mol. The van der Waals surface area contributed by atoms with E-state index in [0.29, 0.717) is 29.3 Å². The third-order valence-electron chi connectivity index (χ3n) is 7.86. The van der Waals surface area contributed by atoms with Crippen LogP contribution in [0.3, 0.4) is 0 Å². The Labute approximate surface area is 226 Å². The SMILES string of the molecule is CCn1nccc1C(=O)N[C@H](c1cn2nc(CC3C[C@H](C(F)(F)F)CNC3=O)ccc2n1)C1CCC(F)(F)CC1. The number of nitrogens with one attached hydrogen (secondary N) is 2. The van der Waals surface area contributed by atoms with Crippen molar-refractivity contribution < 1.29 is 31.5 Å². The molecule has 2 fully saturated rings. The Morgan fingerprint density at radius 2 is 1.98 bits per heavy atom. The van der Waals surface area contributed by atoms with Crippen molar-refractivity contribution in [2.75, 3.05) is 6.54 Å². The van der Waals surface area contributed by atoms with E-state index in [1.165, 1.54) is 15.4 Å². The fourth-order valence-corrected chi connectivity index (χ4v) is 5.60. The number of aryl methyl sites for hydroxylation is 1. The Bertz CT molecular complexity index is 1380. The number of alkyl halides is 5. The Morgan fingerprint density at radius 1 is 1.23 bits per heavy atom. The second-order valence-electron chi connectivity index (χ2n) is 10.6. The summed E-state index contributed by atoms with van der Waals surface area (Å²) in [5, 5.41) is 13.9. The molecule has 2 aliphatic rings. The molecule has 0 spiro atoms. The number of halogens is 5. The first kappa shape index (κ1) is 28.0. The molecule has 2 amide bonds. The molecule has 0 aromatic carbocycles. The molecule has 3 aromatic heterocycles. The first-order valence-corrected chi connectivity index (χ1v) is 13.3. The summed E-state index contributed by atoms with van der Waals surface area (Å²) >= 11 is 0. The average Bonchev–Trinajstić information content (AvgIpc) is 3.55. The van der Waals surface area contributed by atoms with Gasteiger partial charge in [0.15, 0.2) is 5.65 Å². The Morgan fingerprint density at radius 3 is 2.67 bits per heavy atom. The van der Waals surface area contributed by atoms with Gasteiger partial charge in [0.05, 0.1) is 29.5 Å². The number of hydrogen-bond donors (Lipinski definition) is 2. The predicted octanol–water partition coefficient (Wildman–Crippen LogP) is 4.10. The lowest BCUT2D eigenvalue weighted by atomic mass is 9.81. The monoisotopic (exact) mass is 567 g/mol. The van der Waals surface area contributed by atoms with Gasteiger partial charge in [0, 0.05) is 44.5 Å². The zero-order valence-corrected chi connectivity index (χ0v) is 21.8. The predicted molar refractivity (Wildman–Crippen MR) is 132 cm³/mol. The van der Waals surface area contributed by atoms with Crippen LogP contribution in [0.5, 0.6) is 0 Å². The maximum Gasteiger partial charge on any atom is 0.393 e. The highest BCUT2D eigenvalue weighted by Crippen LogP contribution is 2.41. The topological polar surface area (TPSA) is 106 Å². The van der Waals surface area contributed by atoms with Crippen molar-refractivity contribution in [3.8, 4) is 0 Å². The molecule has 216 valence electrons. The van der Waals surface area contributed by atoms with E-state index in [-0.39, 0.29) is 44.4 Å². The van der Waals surface area contributed by atoms with Gasteiger partial charge in [-0.15, -0.1) is 0 Å². The standard InChI is InChI=1S/C26H30F5N7O2/c1-2-37-20(7-10-33-37)24(40)35-22(15-5-8-25(27,28)9-6-15)19-14-38-21(34-19)4-3-18(36-38)12-16-11-17(26(29,30)31)13-32-23(16)39/h3-4,7,10,14-17,22H,2,5-6,8-9,11-13H2,1H3,(H,32,39)(H,35,40)/t16?,17-,22-/m0/s1. The smallest absolute Gasteiger partial charge is 0.355 e. The first-order chi connectivity index (χ1) is 18.9. The van der Waals surface area contributed by atoms with Crippen molar-refractivity contribution in [2.24, 2.45) is 17.8 Å². The highest BCUT2D eigenvalue weighted by atomic mass is 19.4. The van der Waals surface area contributed by atoms with Crippen molar-refractivity contribution in [1.82, 2.24) is 35.0 Å². The van der Waals surface area contributed by atoms with Crippen LogP contribution >= 0.6 is 0 Å². The van der Waals surface area contributed by atoms with Gasteiger partial charge in [-0.25, -0.2) is 18.3 Å². The molecule has 5 rings (SSSR count). The summed E-state index contributed by atoms with van der Waals surface area (Å²) in [5.74, 6) is -6.40. The van der Waals surface area contributed by atoms with Gasteiger partial charge in [-0.3, -0.25) is 14.3 Å². The number of hydrogen-bond acceptors (Lipinski definition) is 5. The van der Waals surface area contributed by atoms with Crippen LogP contribution in [-0.4, -0.2) is 54.8 Å². The fraction of sp³-hybridized carbons (Fsp3) is 0.577. The summed E-state index contributed by atoms with van der Waals surface area (Å²) in [7, 11) is 0. The van der Waals surface area contributed by atoms with E-state index < -0.39 is 48.3 Å². The number of carbonyl (C=O) groups excluding carboxylic acids is 2. The zero-order chi connectivity index (χ0) is 28.7. The van der Waals surface area contributed by atoms with Gasteiger partial charge in [-0.1, -0.05) is 0 Å². The second-order valence-corrected chi connectivity index (χ2v) is 10.6. The molecule has 40 heavy (non-hydrogen) atoms. The summed E-state index contributed by atoms with van der Waals surface area (Å²) < 4.78 is 70.5. The number of amides is 2. The van der Waals surface area contributed by atoms with Crippen LogP contribution < -0.4 is 10.6 Å². The van der Waals surface area contributed by atoms with Crippen LogP contribution in [0, 0.1) is 17.8 Å². The van der Waals surface area contributed by atoms with Gasteiger partial charge in [0.1, 0.15) is 5.69 Å². The molecule has 0 radical (unpaired) electrons. The van der Waals surface area contributed by atoms with Crippen LogP contribution in [0.15, 0.2) is 30.6 Å². The molecule has 1 unspecified atom stereocenters. The van der Waals surface area contributed by atoms with E-state index >= 15 is 0 Å². The lowest BCUT2D eigenvalue weighted by Gasteiger charge is -2.33. The number of piperidine rings is 1. The molecular formula is C26H30F5N7O2. The summed E-state index contributed by atoms with van der Waals surface area (Å²) in [6.07, 6.45) is -1.82. The van der Waals surface area contributed by atoms with Crippen LogP contribution in [0.4, 0.5) is 22.0 Å². The normalized spacial score (nSPS) is 22.7. The van der Waals surface area contributed by atoms with Crippen LogP contribution in [0.2, 0.25) is 0 Å². The maximum absolute atomic E-state index is 13.9. The van der Waals surface area contributed by atoms with Crippen molar-refractivity contribution in [1.29, 1.82) is 0 Å².